The number of hydrogen-bond acceptors (Lipinski definition) is 7. The third-order valence-electron chi connectivity index (χ3n) is 5.33. The highest BCUT2D eigenvalue weighted by Gasteiger charge is 2.40. The Morgan fingerprint density at radius 1 is 1.10 bits per heavy atom. The highest BCUT2D eigenvalue weighted by Crippen LogP contribution is 2.45. The van der Waals surface area contributed by atoms with Crippen LogP contribution in [-0.2, 0) is 6.42 Å². The van der Waals surface area contributed by atoms with Crippen LogP contribution in [0.3, 0.4) is 0 Å². The van der Waals surface area contributed by atoms with Crippen LogP contribution in [0.25, 0.3) is 6.08 Å². The van der Waals surface area contributed by atoms with Crippen molar-refractivity contribution < 1.29 is 33.6 Å². The molecule has 0 unspecified atom stereocenters. The Balaban J connectivity index is 1.70. The van der Waals surface area contributed by atoms with Crippen molar-refractivity contribution in [2.45, 2.75) is 32.0 Å². The minimum Gasteiger partial charge on any atom is -0.493 e. The molecule has 0 radical (unpaired) electrons. The number of carbonyl (C=O) groups excluding carboxylic acids is 1. The maximum Gasteiger partial charge on any atom is 0.231 e. The van der Waals surface area contributed by atoms with Crippen LogP contribution in [0, 0.1) is 0 Å². The lowest BCUT2D eigenvalue weighted by Crippen LogP contribution is -2.39. The Bertz CT molecular complexity index is 1020. The molecule has 0 aromatic heterocycles. The van der Waals surface area contributed by atoms with Crippen molar-refractivity contribution in [2.75, 3.05) is 21.3 Å². The monoisotopic (exact) mass is 412 g/mol. The van der Waals surface area contributed by atoms with Gasteiger partial charge in [-0.15, -0.1) is 0 Å². The number of fused-ring (bicyclic) bond motifs is 3. The van der Waals surface area contributed by atoms with Crippen molar-refractivity contribution in [1.82, 2.24) is 0 Å². The third kappa shape index (κ3) is 3.25. The first-order valence-electron chi connectivity index (χ1n) is 9.56. The maximum absolute atomic E-state index is 12.9. The summed E-state index contributed by atoms with van der Waals surface area (Å²) in [5, 5.41) is 10.3. The van der Waals surface area contributed by atoms with Crippen LogP contribution in [0.4, 0.5) is 0 Å². The van der Waals surface area contributed by atoms with E-state index in [0.29, 0.717) is 46.3 Å². The quantitative estimate of drug-likeness (QED) is 0.754. The van der Waals surface area contributed by atoms with E-state index >= 15 is 0 Å². The van der Waals surface area contributed by atoms with Crippen LogP contribution in [-0.4, -0.2) is 43.9 Å². The van der Waals surface area contributed by atoms with Crippen LogP contribution in [0.2, 0.25) is 0 Å². The second-order valence-electron chi connectivity index (χ2n) is 7.78. The summed E-state index contributed by atoms with van der Waals surface area (Å²) in [6, 6.07) is 6.93. The molecular weight excluding hydrogens is 388 g/mol. The Kier molecular flexibility index (Phi) is 4.86. The van der Waals surface area contributed by atoms with E-state index in [1.807, 2.05) is 0 Å². The zero-order chi connectivity index (χ0) is 21.6. The largest absolute Gasteiger partial charge is 0.493 e. The van der Waals surface area contributed by atoms with Gasteiger partial charge in [0, 0.05) is 12.0 Å². The fraction of sp³-hybridized carbons (Fsp3) is 0.348. The van der Waals surface area contributed by atoms with Gasteiger partial charge in [0.25, 0.3) is 0 Å². The number of hydrogen-bond donors (Lipinski definition) is 1. The lowest BCUT2D eigenvalue weighted by molar-refractivity contribution is -0.0229. The summed E-state index contributed by atoms with van der Waals surface area (Å²) in [6.45, 7) is 3.40. The Hall–Kier alpha value is -3.19. The molecule has 2 aromatic rings. The number of Topliss-reactive ketones (excluding diaryl/α,β-unsaturated/α-hetero) is 1. The van der Waals surface area contributed by atoms with Crippen molar-refractivity contribution in [1.29, 1.82) is 0 Å². The lowest BCUT2D eigenvalue weighted by atomic mass is 9.96. The summed E-state index contributed by atoms with van der Waals surface area (Å²) in [4.78, 5) is 12.9. The van der Waals surface area contributed by atoms with Crippen LogP contribution in [0.1, 0.15) is 35.3 Å². The number of methoxy groups -OCH3 is 3. The maximum atomic E-state index is 12.9. The number of ketones is 1. The number of allylic oxidation sites excluding steroid dienone is 1. The van der Waals surface area contributed by atoms with Crippen LogP contribution >= 0.6 is 0 Å². The molecule has 7 heteroatoms. The average molecular weight is 412 g/mol. The molecule has 2 heterocycles. The molecule has 0 fully saturated rings. The lowest BCUT2D eigenvalue weighted by Gasteiger charge is -2.24. The molecule has 158 valence electrons. The number of benzene rings is 2. The summed E-state index contributed by atoms with van der Waals surface area (Å²) in [5.74, 6) is 2.53. The fourth-order valence-electron chi connectivity index (χ4n) is 3.70. The minimum absolute atomic E-state index is 0.194. The molecule has 4 rings (SSSR count). The van der Waals surface area contributed by atoms with Gasteiger partial charge in [0.2, 0.25) is 11.5 Å². The zero-order valence-electron chi connectivity index (χ0n) is 17.6. The summed E-state index contributed by atoms with van der Waals surface area (Å²) in [7, 11) is 4.59. The molecule has 30 heavy (non-hydrogen) atoms. The molecule has 2 aliphatic heterocycles. The van der Waals surface area contributed by atoms with Crippen LogP contribution in [0.15, 0.2) is 30.0 Å². The molecule has 0 aliphatic carbocycles. The topological polar surface area (TPSA) is 83.5 Å². The van der Waals surface area contributed by atoms with E-state index in [2.05, 4.69) is 0 Å². The summed E-state index contributed by atoms with van der Waals surface area (Å²) in [6.07, 6.45) is 1.70. The first-order valence-corrected chi connectivity index (χ1v) is 9.56. The van der Waals surface area contributed by atoms with Gasteiger partial charge in [-0.1, -0.05) is 0 Å². The molecule has 1 N–H and O–H groups in total. The predicted octanol–water partition coefficient (Wildman–Crippen LogP) is 3.40. The van der Waals surface area contributed by atoms with E-state index in [9.17, 15) is 9.90 Å². The number of aliphatic hydroxyl groups is 1. The van der Waals surface area contributed by atoms with Crippen LogP contribution in [0.5, 0.6) is 28.7 Å². The van der Waals surface area contributed by atoms with E-state index in [4.69, 9.17) is 23.7 Å². The number of carbonyl (C=O) groups is 1. The number of rotatable bonds is 5. The molecule has 0 saturated heterocycles. The van der Waals surface area contributed by atoms with E-state index in [0.717, 1.165) is 5.56 Å². The first-order chi connectivity index (χ1) is 14.3. The summed E-state index contributed by atoms with van der Waals surface area (Å²) < 4.78 is 27.9. The fourth-order valence-corrected chi connectivity index (χ4v) is 3.70. The van der Waals surface area contributed by atoms with E-state index < -0.39 is 11.7 Å². The van der Waals surface area contributed by atoms with Gasteiger partial charge in [-0.25, -0.2) is 0 Å². The van der Waals surface area contributed by atoms with Crippen molar-refractivity contribution >= 4 is 11.9 Å². The third-order valence-corrected chi connectivity index (χ3v) is 5.33. The molecular formula is C23H24O7. The standard InChI is InChI=1S/C23H24O7/c1-23(2,25)19-11-14-15(29-19)7-6-13-20(24)16(30-21(13)14)8-12-9-17(26-3)22(28-5)18(10-12)27-4/h6-10,19,25H,11H2,1-5H3/b16-8-/t19-/m1/s1. The molecule has 0 saturated carbocycles. The highest BCUT2D eigenvalue weighted by molar-refractivity contribution is 6.15. The van der Waals surface area contributed by atoms with Crippen molar-refractivity contribution in [3.8, 4) is 28.7 Å². The van der Waals surface area contributed by atoms with Gasteiger partial charge in [-0.05, 0) is 49.8 Å². The zero-order valence-corrected chi connectivity index (χ0v) is 17.6. The molecule has 0 spiro atoms. The molecule has 0 bridgehead atoms. The first kappa shape index (κ1) is 20.1. The van der Waals surface area contributed by atoms with E-state index in [-0.39, 0.29) is 11.5 Å². The summed E-state index contributed by atoms with van der Waals surface area (Å²) >= 11 is 0. The van der Waals surface area contributed by atoms with Crippen molar-refractivity contribution in [3.05, 3.63) is 46.7 Å². The Morgan fingerprint density at radius 2 is 1.77 bits per heavy atom. The van der Waals surface area contributed by atoms with Gasteiger partial charge in [-0.3, -0.25) is 4.79 Å². The van der Waals surface area contributed by atoms with Gasteiger partial charge in [0.15, 0.2) is 17.3 Å². The molecule has 7 nitrogen and oxygen atoms in total. The smallest absolute Gasteiger partial charge is 0.231 e. The van der Waals surface area contributed by atoms with E-state index in [1.165, 1.54) is 21.3 Å². The van der Waals surface area contributed by atoms with Gasteiger partial charge in [-0.2, -0.15) is 0 Å². The predicted molar refractivity (Wildman–Crippen MR) is 110 cm³/mol. The summed E-state index contributed by atoms with van der Waals surface area (Å²) in [5.41, 5.74) is 0.931. The SMILES string of the molecule is COc1cc(/C=C2\Oc3c(ccc4c3C[C@H](C(C)(C)O)O4)C2=O)cc(OC)c1OC. The van der Waals surface area contributed by atoms with Gasteiger partial charge < -0.3 is 28.8 Å². The van der Waals surface area contributed by atoms with E-state index in [1.54, 1.807) is 44.2 Å². The molecule has 0 amide bonds. The highest BCUT2D eigenvalue weighted by atomic mass is 16.5. The Labute approximate surface area is 174 Å². The average Bonchev–Trinajstić information content (AvgIpc) is 3.29. The second kappa shape index (κ2) is 7.25. The van der Waals surface area contributed by atoms with Gasteiger partial charge in [0.05, 0.1) is 32.5 Å². The normalized spacial score (nSPS) is 18.5. The molecule has 1 atom stereocenters. The minimum atomic E-state index is -1.01. The van der Waals surface area contributed by atoms with Gasteiger partial charge in [0.1, 0.15) is 17.6 Å². The Morgan fingerprint density at radius 3 is 2.33 bits per heavy atom. The second-order valence-corrected chi connectivity index (χ2v) is 7.78. The molecule has 2 aliphatic rings. The number of ether oxygens (including phenoxy) is 5. The van der Waals surface area contributed by atoms with Crippen LogP contribution < -0.4 is 23.7 Å². The van der Waals surface area contributed by atoms with Gasteiger partial charge >= 0.3 is 0 Å². The molecule has 2 aromatic carbocycles. The van der Waals surface area contributed by atoms with Crippen molar-refractivity contribution in [3.63, 3.8) is 0 Å². The van der Waals surface area contributed by atoms with Crippen molar-refractivity contribution in [2.24, 2.45) is 0 Å².